The SMILES string of the molecule is O=C1CCCCC1C1(CS)CCCCC1. The molecule has 0 aromatic carbocycles. The molecule has 2 rings (SSSR count). The summed E-state index contributed by atoms with van der Waals surface area (Å²) in [6.45, 7) is 0. The third-order valence-electron chi connectivity index (χ3n) is 4.46. The minimum atomic E-state index is 0.277. The van der Waals surface area contributed by atoms with Crippen LogP contribution in [0.4, 0.5) is 0 Å². The molecule has 86 valence electrons. The van der Waals surface area contributed by atoms with Gasteiger partial charge in [-0.2, -0.15) is 12.6 Å². The first kappa shape index (κ1) is 11.5. The van der Waals surface area contributed by atoms with E-state index in [-0.39, 0.29) is 5.41 Å². The maximum absolute atomic E-state index is 12.0. The molecular formula is C13H22OS. The van der Waals surface area contributed by atoms with Crippen LogP contribution in [-0.2, 0) is 4.79 Å². The Morgan fingerprint density at radius 1 is 1.13 bits per heavy atom. The molecule has 1 unspecified atom stereocenters. The van der Waals surface area contributed by atoms with Crippen LogP contribution in [0, 0.1) is 11.3 Å². The van der Waals surface area contributed by atoms with E-state index in [0.29, 0.717) is 11.7 Å². The Labute approximate surface area is 98.4 Å². The van der Waals surface area contributed by atoms with Gasteiger partial charge < -0.3 is 0 Å². The zero-order valence-corrected chi connectivity index (χ0v) is 10.4. The molecule has 1 atom stereocenters. The summed E-state index contributed by atoms with van der Waals surface area (Å²) in [6.07, 6.45) is 10.8. The molecule has 0 amide bonds. The Morgan fingerprint density at radius 3 is 2.47 bits per heavy atom. The van der Waals surface area contributed by atoms with Gasteiger partial charge in [0.2, 0.25) is 0 Å². The molecule has 2 heteroatoms. The Morgan fingerprint density at radius 2 is 1.87 bits per heavy atom. The van der Waals surface area contributed by atoms with Crippen molar-refractivity contribution in [1.29, 1.82) is 0 Å². The van der Waals surface area contributed by atoms with E-state index in [4.69, 9.17) is 0 Å². The van der Waals surface area contributed by atoms with Gasteiger partial charge in [0, 0.05) is 12.3 Å². The van der Waals surface area contributed by atoms with Crippen molar-refractivity contribution in [3.63, 3.8) is 0 Å². The van der Waals surface area contributed by atoms with E-state index in [2.05, 4.69) is 12.6 Å². The number of carbonyl (C=O) groups excluding carboxylic acids is 1. The normalized spacial score (nSPS) is 31.5. The number of ketones is 1. The van der Waals surface area contributed by atoms with Crippen LogP contribution in [-0.4, -0.2) is 11.5 Å². The van der Waals surface area contributed by atoms with E-state index in [1.807, 2.05) is 0 Å². The maximum atomic E-state index is 12.0. The van der Waals surface area contributed by atoms with Gasteiger partial charge in [0.05, 0.1) is 0 Å². The molecule has 1 nitrogen and oxygen atoms in total. The molecule has 0 radical (unpaired) electrons. The second-order valence-electron chi connectivity index (χ2n) is 5.35. The molecule has 2 aliphatic carbocycles. The van der Waals surface area contributed by atoms with E-state index < -0.39 is 0 Å². The summed E-state index contributed by atoms with van der Waals surface area (Å²) >= 11 is 4.55. The average molecular weight is 226 g/mol. The topological polar surface area (TPSA) is 17.1 Å². The summed E-state index contributed by atoms with van der Waals surface area (Å²) in [5, 5.41) is 0. The van der Waals surface area contributed by atoms with Crippen molar-refractivity contribution in [2.24, 2.45) is 11.3 Å². The summed E-state index contributed by atoms with van der Waals surface area (Å²) in [6, 6.07) is 0. The molecule has 15 heavy (non-hydrogen) atoms. The van der Waals surface area contributed by atoms with Crippen LogP contribution in [0.25, 0.3) is 0 Å². The van der Waals surface area contributed by atoms with Gasteiger partial charge in [0.25, 0.3) is 0 Å². The number of carbonyl (C=O) groups is 1. The summed E-state index contributed by atoms with van der Waals surface area (Å²) in [5.74, 6) is 1.81. The first-order chi connectivity index (χ1) is 7.28. The molecule has 0 bridgehead atoms. The Kier molecular flexibility index (Phi) is 3.76. The Hall–Kier alpha value is 0.0200. The van der Waals surface area contributed by atoms with Crippen molar-refractivity contribution in [1.82, 2.24) is 0 Å². The minimum absolute atomic E-state index is 0.277. The van der Waals surface area contributed by atoms with E-state index >= 15 is 0 Å². The van der Waals surface area contributed by atoms with Crippen molar-refractivity contribution in [3.05, 3.63) is 0 Å². The molecule has 0 heterocycles. The molecule has 0 aromatic rings. The fourth-order valence-corrected chi connectivity index (χ4v) is 4.04. The molecule has 2 fully saturated rings. The van der Waals surface area contributed by atoms with Gasteiger partial charge in [-0.25, -0.2) is 0 Å². The maximum Gasteiger partial charge on any atom is 0.136 e. The van der Waals surface area contributed by atoms with E-state index in [0.717, 1.165) is 25.0 Å². The number of hydrogen-bond donors (Lipinski definition) is 1. The molecular weight excluding hydrogens is 204 g/mol. The molecule has 0 N–H and O–H groups in total. The van der Waals surface area contributed by atoms with Crippen LogP contribution in [0.15, 0.2) is 0 Å². The Bertz CT molecular complexity index is 231. The zero-order valence-electron chi connectivity index (χ0n) is 9.50. The van der Waals surface area contributed by atoms with Crippen LogP contribution in [0.2, 0.25) is 0 Å². The lowest BCUT2D eigenvalue weighted by Crippen LogP contribution is -2.40. The van der Waals surface area contributed by atoms with E-state index in [9.17, 15) is 4.79 Å². The molecule has 0 aromatic heterocycles. The fraction of sp³-hybridized carbons (Fsp3) is 0.923. The van der Waals surface area contributed by atoms with Gasteiger partial charge in [-0.05, 0) is 36.9 Å². The predicted octanol–water partition coefficient (Wildman–Crippen LogP) is 3.63. The van der Waals surface area contributed by atoms with Gasteiger partial charge >= 0.3 is 0 Å². The fourth-order valence-electron chi connectivity index (χ4n) is 3.50. The van der Waals surface area contributed by atoms with Gasteiger partial charge in [0.1, 0.15) is 5.78 Å². The summed E-state index contributed by atoms with van der Waals surface area (Å²) in [5.41, 5.74) is 0.277. The van der Waals surface area contributed by atoms with Gasteiger partial charge in [-0.1, -0.05) is 25.7 Å². The zero-order chi connectivity index (χ0) is 10.7. The van der Waals surface area contributed by atoms with Crippen molar-refractivity contribution in [2.45, 2.75) is 57.8 Å². The second-order valence-corrected chi connectivity index (χ2v) is 5.66. The first-order valence-electron chi connectivity index (χ1n) is 6.42. The number of Topliss-reactive ketones (excluding diaryl/α,β-unsaturated/α-hetero) is 1. The number of rotatable bonds is 2. The quantitative estimate of drug-likeness (QED) is 0.712. The molecule has 0 spiro atoms. The van der Waals surface area contributed by atoms with Crippen molar-refractivity contribution in [2.75, 3.05) is 5.75 Å². The lowest BCUT2D eigenvalue weighted by Gasteiger charge is -2.43. The van der Waals surface area contributed by atoms with Gasteiger partial charge in [0.15, 0.2) is 0 Å². The highest BCUT2D eigenvalue weighted by atomic mass is 32.1. The van der Waals surface area contributed by atoms with E-state index in [1.54, 1.807) is 0 Å². The van der Waals surface area contributed by atoms with Gasteiger partial charge in [-0.3, -0.25) is 4.79 Å². The third-order valence-corrected chi connectivity index (χ3v) is 5.09. The highest BCUT2D eigenvalue weighted by Crippen LogP contribution is 2.47. The van der Waals surface area contributed by atoms with Crippen molar-refractivity contribution < 1.29 is 4.79 Å². The largest absolute Gasteiger partial charge is 0.299 e. The van der Waals surface area contributed by atoms with Crippen LogP contribution >= 0.6 is 12.6 Å². The van der Waals surface area contributed by atoms with Crippen LogP contribution in [0.3, 0.4) is 0 Å². The summed E-state index contributed by atoms with van der Waals surface area (Å²) < 4.78 is 0. The van der Waals surface area contributed by atoms with Crippen molar-refractivity contribution >= 4 is 18.4 Å². The third kappa shape index (κ3) is 2.25. The lowest BCUT2D eigenvalue weighted by molar-refractivity contribution is -0.129. The first-order valence-corrected chi connectivity index (χ1v) is 7.05. The second kappa shape index (κ2) is 4.90. The van der Waals surface area contributed by atoms with Crippen LogP contribution in [0.5, 0.6) is 0 Å². The highest BCUT2D eigenvalue weighted by Gasteiger charge is 2.42. The van der Waals surface area contributed by atoms with Crippen molar-refractivity contribution in [3.8, 4) is 0 Å². The number of thiol groups is 1. The summed E-state index contributed by atoms with van der Waals surface area (Å²) in [4.78, 5) is 12.0. The minimum Gasteiger partial charge on any atom is -0.299 e. The average Bonchev–Trinajstić information content (AvgIpc) is 2.30. The number of hydrogen-bond acceptors (Lipinski definition) is 2. The monoisotopic (exact) mass is 226 g/mol. The molecule has 0 saturated heterocycles. The van der Waals surface area contributed by atoms with Crippen LogP contribution in [0.1, 0.15) is 57.8 Å². The lowest BCUT2D eigenvalue weighted by atomic mass is 9.62. The standard InChI is InChI=1S/C13H22OS/c14-12-7-3-2-6-11(12)13(10-15)8-4-1-5-9-13/h11,15H,1-10H2. The molecule has 0 aliphatic heterocycles. The highest BCUT2D eigenvalue weighted by molar-refractivity contribution is 7.80. The predicted molar refractivity (Wildman–Crippen MR) is 66.3 cm³/mol. The van der Waals surface area contributed by atoms with Crippen LogP contribution < -0.4 is 0 Å². The summed E-state index contributed by atoms with van der Waals surface area (Å²) in [7, 11) is 0. The molecule has 2 aliphatic rings. The smallest absolute Gasteiger partial charge is 0.136 e. The molecule has 2 saturated carbocycles. The van der Waals surface area contributed by atoms with Gasteiger partial charge in [-0.15, -0.1) is 0 Å². The van der Waals surface area contributed by atoms with E-state index in [1.165, 1.54) is 38.5 Å². The Balaban J connectivity index is 2.12.